The minimum absolute atomic E-state index is 0.0277. The van der Waals surface area contributed by atoms with E-state index >= 15 is 0 Å². The third kappa shape index (κ3) is 4.27. The summed E-state index contributed by atoms with van der Waals surface area (Å²) in [4.78, 5) is 12.9. The molecule has 0 saturated heterocycles. The first-order valence-electron chi connectivity index (χ1n) is 10.1. The third-order valence-electron chi connectivity index (χ3n) is 5.28. The maximum Gasteiger partial charge on any atom is 0.238 e. The molecule has 0 unspecified atom stereocenters. The number of benzene rings is 2. The molecule has 1 aromatic heterocycles. The van der Waals surface area contributed by atoms with Crippen molar-refractivity contribution in [2.24, 2.45) is 0 Å². The van der Waals surface area contributed by atoms with E-state index in [1.54, 1.807) is 0 Å². The molecule has 3 aromatic rings. The van der Waals surface area contributed by atoms with Gasteiger partial charge in [0, 0.05) is 24.1 Å². The second-order valence-electron chi connectivity index (χ2n) is 8.17. The Morgan fingerprint density at radius 2 is 1.62 bits per heavy atom. The molecule has 0 saturated carbocycles. The molecule has 0 aliphatic rings. The summed E-state index contributed by atoms with van der Waals surface area (Å²) in [6.07, 6.45) is 2.91. The summed E-state index contributed by atoms with van der Waals surface area (Å²) in [7, 11) is 0. The highest BCUT2D eigenvalue weighted by Crippen LogP contribution is 2.42. The highest BCUT2D eigenvalue weighted by atomic mass is 16.4. The molecule has 0 fully saturated rings. The largest absolute Gasteiger partial charge is 0.508 e. The molecule has 2 aromatic carbocycles. The summed E-state index contributed by atoms with van der Waals surface area (Å²) in [6.45, 7) is 7.84. The molecule has 7 heteroatoms. The number of rotatable bonds is 5. The maximum atomic E-state index is 12.9. The van der Waals surface area contributed by atoms with E-state index in [9.17, 15) is 30.3 Å². The van der Waals surface area contributed by atoms with Crippen molar-refractivity contribution in [3.05, 3.63) is 62.8 Å². The lowest BCUT2D eigenvalue weighted by Gasteiger charge is -2.15. The fourth-order valence-corrected chi connectivity index (χ4v) is 3.44. The lowest BCUT2D eigenvalue weighted by Crippen LogP contribution is -2.06. The van der Waals surface area contributed by atoms with E-state index in [0.717, 1.165) is 28.9 Å². The van der Waals surface area contributed by atoms with Gasteiger partial charge in [0.05, 0.1) is 5.56 Å². The molecule has 0 radical (unpaired) electrons. The third-order valence-corrected chi connectivity index (χ3v) is 5.28. The number of hydrogen-bond acceptors (Lipinski definition) is 7. The van der Waals surface area contributed by atoms with Gasteiger partial charge >= 0.3 is 0 Å². The average Bonchev–Trinajstić information content (AvgIpc) is 2.69. The Balaban J connectivity index is 2.33. The highest BCUT2D eigenvalue weighted by Gasteiger charge is 2.24. The topological polar surface area (TPSA) is 131 Å². The van der Waals surface area contributed by atoms with Crippen LogP contribution >= 0.6 is 0 Å². The van der Waals surface area contributed by atoms with Gasteiger partial charge in [-0.25, -0.2) is 0 Å². The maximum absolute atomic E-state index is 12.9. The Bertz CT molecular complexity index is 1320. The summed E-state index contributed by atoms with van der Waals surface area (Å²) in [5.74, 6) is -2.57. The van der Waals surface area contributed by atoms with Crippen molar-refractivity contribution >= 4 is 11.0 Å². The summed E-state index contributed by atoms with van der Waals surface area (Å²) in [5.41, 5.74) is 2.39. The minimum Gasteiger partial charge on any atom is -0.508 e. The van der Waals surface area contributed by atoms with Crippen LogP contribution in [0.2, 0.25) is 0 Å². The first-order chi connectivity index (χ1) is 15.0. The van der Waals surface area contributed by atoms with Gasteiger partial charge in [-0.05, 0) is 46.2 Å². The lowest BCUT2D eigenvalue weighted by atomic mass is 9.95. The molecule has 3 rings (SSSR count). The van der Waals surface area contributed by atoms with Crippen molar-refractivity contribution in [3.63, 3.8) is 0 Å². The molecule has 32 heavy (non-hydrogen) atoms. The quantitative estimate of drug-likeness (QED) is 0.345. The Morgan fingerprint density at radius 1 is 0.938 bits per heavy atom. The second-order valence-corrected chi connectivity index (χ2v) is 8.17. The van der Waals surface area contributed by atoms with E-state index in [4.69, 9.17) is 4.42 Å². The molecule has 0 bridgehead atoms. The summed E-state index contributed by atoms with van der Waals surface area (Å²) >= 11 is 0. The Morgan fingerprint density at radius 3 is 2.22 bits per heavy atom. The molecular formula is C25H26O7. The number of fused-ring (bicyclic) bond motifs is 1. The molecule has 0 atom stereocenters. The number of phenols is 4. The van der Waals surface area contributed by atoms with E-state index in [2.05, 4.69) is 0 Å². The summed E-state index contributed by atoms with van der Waals surface area (Å²) < 4.78 is 5.83. The SMILES string of the molecule is CC(C)=CCC(Cc1c(O)cc(O)c2c(=O)c(O)c(-c3ccc(O)cc3O)oc12)=C(C)C. The van der Waals surface area contributed by atoms with Crippen LogP contribution in [0.15, 0.2) is 56.3 Å². The van der Waals surface area contributed by atoms with Gasteiger partial charge in [-0.3, -0.25) is 4.79 Å². The minimum atomic E-state index is -0.907. The van der Waals surface area contributed by atoms with Crippen LogP contribution in [0.5, 0.6) is 28.7 Å². The monoisotopic (exact) mass is 438 g/mol. The van der Waals surface area contributed by atoms with Gasteiger partial charge in [0.15, 0.2) is 5.76 Å². The zero-order chi connectivity index (χ0) is 23.7. The Hall–Kier alpha value is -3.87. The predicted octanol–water partition coefficient (Wildman–Crippen LogP) is 5.22. The van der Waals surface area contributed by atoms with Gasteiger partial charge in [-0.15, -0.1) is 0 Å². The van der Waals surface area contributed by atoms with E-state index < -0.39 is 22.7 Å². The fraction of sp³-hybridized carbons (Fsp3) is 0.240. The van der Waals surface area contributed by atoms with Crippen LogP contribution in [-0.4, -0.2) is 25.5 Å². The van der Waals surface area contributed by atoms with Crippen LogP contribution < -0.4 is 5.43 Å². The van der Waals surface area contributed by atoms with Crippen LogP contribution in [0.4, 0.5) is 0 Å². The lowest BCUT2D eigenvalue weighted by molar-refractivity contribution is 0.431. The average molecular weight is 438 g/mol. The van der Waals surface area contributed by atoms with Crippen LogP contribution in [0.1, 0.15) is 39.7 Å². The number of hydrogen-bond donors (Lipinski definition) is 5. The molecule has 168 valence electrons. The van der Waals surface area contributed by atoms with Crippen molar-refractivity contribution in [3.8, 4) is 40.1 Å². The smallest absolute Gasteiger partial charge is 0.238 e. The molecule has 1 heterocycles. The Labute approximate surface area is 184 Å². The molecule has 0 aliphatic heterocycles. The van der Waals surface area contributed by atoms with Gasteiger partial charge in [0.2, 0.25) is 11.2 Å². The van der Waals surface area contributed by atoms with Crippen molar-refractivity contribution in [1.29, 1.82) is 0 Å². The van der Waals surface area contributed by atoms with Crippen LogP contribution in [-0.2, 0) is 6.42 Å². The van der Waals surface area contributed by atoms with Crippen LogP contribution in [0, 0.1) is 0 Å². The normalized spacial score (nSPS) is 10.9. The Kier molecular flexibility index (Phi) is 6.20. The standard InChI is InChI=1S/C25H26O7/c1-12(2)5-6-14(13(3)4)9-17-19(28)11-20(29)21-22(30)23(31)25(32-24(17)21)16-8-7-15(26)10-18(16)27/h5,7-8,10-11,26-29,31H,6,9H2,1-4H3. The van der Waals surface area contributed by atoms with Gasteiger partial charge in [-0.1, -0.05) is 22.8 Å². The van der Waals surface area contributed by atoms with Crippen molar-refractivity contribution in [2.45, 2.75) is 40.5 Å². The molecule has 5 N–H and O–H groups in total. The van der Waals surface area contributed by atoms with Crippen LogP contribution in [0.3, 0.4) is 0 Å². The predicted molar refractivity (Wildman–Crippen MR) is 122 cm³/mol. The summed E-state index contributed by atoms with van der Waals surface area (Å²) in [6, 6.07) is 4.64. The van der Waals surface area contributed by atoms with E-state index in [0.29, 0.717) is 6.42 Å². The number of aromatic hydroxyl groups is 5. The summed E-state index contributed by atoms with van der Waals surface area (Å²) in [5, 5.41) is 50.9. The highest BCUT2D eigenvalue weighted by molar-refractivity contribution is 5.91. The zero-order valence-corrected chi connectivity index (χ0v) is 18.4. The molecular weight excluding hydrogens is 412 g/mol. The van der Waals surface area contributed by atoms with Gasteiger partial charge < -0.3 is 29.9 Å². The first kappa shape index (κ1) is 22.8. The van der Waals surface area contributed by atoms with Crippen molar-refractivity contribution in [1.82, 2.24) is 0 Å². The van der Waals surface area contributed by atoms with Gasteiger partial charge in [0.25, 0.3) is 0 Å². The van der Waals surface area contributed by atoms with E-state index in [1.165, 1.54) is 12.1 Å². The molecule has 0 aliphatic carbocycles. The number of phenolic OH excluding ortho intramolecular Hbond substituents is 4. The van der Waals surface area contributed by atoms with Gasteiger partial charge in [0.1, 0.15) is 34.0 Å². The fourth-order valence-electron chi connectivity index (χ4n) is 3.44. The second kappa shape index (κ2) is 8.70. The van der Waals surface area contributed by atoms with Crippen molar-refractivity contribution < 1.29 is 29.9 Å². The molecule has 0 amide bonds. The van der Waals surface area contributed by atoms with Gasteiger partial charge in [-0.2, -0.15) is 0 Å². The molecule has 0 spiro atoms. The van der Waals surface area contributed by atoms with Crippen LogP contribution in [0.25, 0.3) is 22.3 Å². The van der Waals surface area contributed by atoms with Crippen molar-refractivity contribution in [2.75, 3.05) is 0 Å². The first-order valence-corrected chi connectivity index (χ1v) is 10.1. The number of allylic oxidation sites excluding steroid dienone is 4. The van der Waals surface area contributed by atoms with E-state index in [-0.39, 0.29) is 45.8 Å². The van der Waals surface area contributed by atoms with E-state index in [1.807, 2.05) is 33.8 Å². The zero-order valence-electron chi connectivity index (χ0n) is 18.4. The molecule has 7 nitrogen and oxygen atoms in total.